The molecule has 26 heavy (non-hydrogen) atoms. The summed E-state index contributed by atoms with van der Waals surface area (Å²) < 4.78 is 31.1. The van der Waals surface area contributed by atoms with E-state index in [1.54, 1.807) is 0 Å². The predicted octanol–water partition coefficient (Wildman–Crippen LogP) is 3.98. The van der Waals surface area contributed by atoms with Crippen molar-refractivity contribution in [2.75, 3.05) is 11.5 Å². The number of carboxylic acid groups (broad SMARTS) is 1. The lowest BCUT2D eigenvalue weighted by Gasteiger charge is -2.27. The molecule has 0 aromatic carbocycles. The zero-order chi connectivity index (χ0) is 19.0. The standard InChI is InChI=1S/C20H34O5S/c1-2-3-4-9-14-26(23,24)15-17-16(18-12-13-19(17)25-18)10-7-5-6-8-11-20(21)22/h5,7,16-19H,2-4,6,8-15H2,1H3,(H,21,22)/b7-5-. The zero-order valence-corrected chi connectivity index (χ0v) is 16.8. The van der Waals surface area contributed by atoms with Crippen LogP contribution in [0, 0.1) is 11.8 Å². The molecule has 0 aromatic heterocycles. The average molecular weight is 387 g/mol. The molecule has 0 aliphatic carbocycles. The molecular formula is C20H34O5S. The number of sulfone groups is 1. The number of carbonyl (C=O) groups is 1. The van der Waals surface area contributed by atoms with Crippen LogP contribution in [0.4, 0.5) is 0 Å². The van der Waals surface area contributed by atoms with Crippen molar-refractivity contribution in [2.45, 2.75) is 83.3 Å². The topological polar surface area (TPSA) is 80.7 Å². The van der Waals surface area contributed by atoms with Crippen LogP contribution in [-0.4, -0.2) is 43.2 Å². The number of hydrogen-bond acceptors (Lipinski definition) is 4. The van der Waals surface area contributed by atoms with Crippen LogP contribution in [0.3, 0.4) is 0 Å². The van der Waals surface area contributed by atoms with Crippen molar-refractivity contribution in [3.05, 3.63) is 12.2 Å². The SMILES string of the molecule is CCCCCCS(=O)(=O)CC1C2CCC(O2)C1C/C=C\CCCC(=O)O. The Hall–Kier alpha value is -0.880. The van der Waals surface area contributed by atoms with E-state index >= 15 is 0 Å². The normalized spacial score (nSPS) is 28.2. The second-order valence-corrected chi connectivity index (χ2v) is 10.0. The van der Waals surface area contributed by atoms with Crippen LogP contribution in [0.1, 0.15) is 71.1 Å². The average Bonchev–Trinajstić information content (AvgIpc) is 3.16. The van der Waals surface area contributed by atoms with E-state index in [1.165, 1.54) is 0 Å². The summed E-state index contributed by atoms with van der Waals surface area (Å²) in [6.07, 6.45) is 12.9. The highest BCUT2D eigenvalue weighted by molar-refractivity contribution is 7.91. The third kappa shape index (κ3) is 6.69. The van der Waals surface area contributed by atoms with Gasteiger partial charge in [-0.1, -0.05) is 38.3 Å². The van der Waals surface area contributed by atoms with Gasteiger partial charge in [0.15, 0.2) is 9.84 Å². The van der Waals surface area contributed by atoms with Crippen molar-refractivity contribution in [3.63, 3.8) is 0 Å². The number of carboxylic acids is 1. The summed E-state index contributed by atoms with van der Waals surface area (Å²) in [5, 5.41) is 8.65. The van der Waals surface area contributed by atoms with E-state index in [9.17, 15) is 13.2 Å². The number of allylic oxidation sites excluding steroid dienone is 2. The molecule has 0 spiro atoms. The van der Waals surface area contributed by atoms with Crippen LogP contribution < -0.4 is 0 Å². The Morgan fingerprint density at radius 3 is 2.50 bits per heavy atom. The van der Waals surface area contributed by atoms with E-state index in [1.807, 2.05) is 6.08 Å². The predicted molar refractivity (Wildman–Crippen MR) is 103 cm³/mol. The number of ether oxygens (including phenoxy) is 1. The molecule has 5 nitrogen and oxygen atoms in total. The van der Waals surface area contributed by atoms with E-state index in [-0.39, 0.29) is 36.2 Å². The van der Waals surface area contributed by atoms with Gasteiger partial charge >= 0.3 is 5.97 Å². The molecule has 2 heterocycles. The third-order valence-corrected chi connectivity index (χ3v) is 7.49. The fraction of sp³-hybridized carbons (Fsp3) is 0.850. The second kappa shape index (κ2) is 10.5. The fourth-order valence-electron chi connectivity index (χ4n) is 4.30. The zero-order valence-electron chi connectivity index (χ0n) is 15.9. The number of rotatable bonds is 13. The molecular weight excluding hydrogens is 352 g/mol. The Morgan fingerprint density at radius 2 is 1.81 bits per heavy atom. The summed E-state index contributed by atoms with van der Waals surface area (Å²) in [4.78, 5) is 10.5. The number of unbranched alkanes of at least 4 members (excludes halogenated alkanes) is 4. The summed E-state index contributed by atoms with van der Waals surface area (Å²) in [5.74, 6) is 0.212. The van der Waals surface area contributed by atoms with E-state index in [4.69, 9.17) is 9.84 Å². The van der Waals surface area contributed by atoms with Crippen molar-refractivity contribution in [2.24, 2.45) is 11.8 Å². The van der Waals surface area contributed by atoms with Gasteiger partial charge in [0.1, 0.15) is 0 Å². The van der Waals surface area contributed by atoms with Gasteiger partial charge in [-0.25, -0.2) is 8.42 Å². The van der Waals surface area contributed by atoms with Crippen molar-refractivity contribution < 1.29 is 23.1 Å². The highest BCUT2D eigenvalue weighted by Gasteiger charge is 2.49. The molecule has 1 N–H and O–H groups in total. The second-order valence-electron chi connectivity index (χ2n) is 7.79. The molecule has 0 saturated carbocycles. The van der Waals surface area contributed by atoms with Crippen LogP contribution >= 0.6 is 0 Å². The maximum Gasteiger partial charge on any atom is 0.303 e. The van der Waals surface area contributed by atoms with Gasteiger partial charge in [-0.2, -0.15) is 0 Å². The minimum Gasteiger partial charge on any atom is -0.481 e. The number of aliphatic carboxylic acids is 1. The molecule has 0 amide bonds. The maximum atomic E-state index is 12.5. The van der Waals surface area contributed by atoms with Gasteiger partial charge in [-0.15, -0.1) is 0 Å². The highest BCUT2D eigenvalue weighted by Crippen LogP contribution is 2.45. The molecule has 4 unspecified atom stereocenters. The summed E-state index contributed by atoms with van der Waals surface area (Å²) in [5.41, 5.74) is 0. The first-order valence-electron chi connectivity index (χ1n) is 10.2. The van der Waals surface area contributed by atoms with E-state index in [0.717, 1.165) is 51.4 Å². The summed E-state index contributed by atoms with van der Waals surface area (Å²) >= 11 is 0. The van der Waals surface area contributed by atoms with Gasteiger partial charge in [-0.3, -0.25) is 4.79 Å². The van der Waals surface area contributed by atoms with Crippen molar-refractivity contribution in [3.8, 4) is 0 Å². The molecule has 0 aromatic rings. The van der Waals surface area contributed by atoms with Gasteiger partial charge < -0.3 is 9.84 Å². The van der Waals surface area contributed by atoms with Gasteiger partial charge in [0.25, 0.3) is 0 Å². The van der Waals surface area contributed by atoms with Crippen molar-refractivity contribution in [1.82, 2.24) is 0 Å². The maximum absolute atomic E-state index is 12.5. The van der Waals surface area contributed by atoms with Crippen molar-refractivity contribution in [1.29, 1.82) is 0 Å². The molecule has 2 fully saturated rings. The smallest absolute Gasteiger partial charge is 0.303 e. The van der Waals surface area contributed by atoms with Crippen LogP contribution in [0.15, 0.2) is 12.2 Å². The third-order valence-electron chi connectivity index (χ3n) is 5.68. The first kappa shape index (κ1) is 21.4. The summed E-state index contributed by atoms with van der Waals surface area (Å²) in [7, 11) is -3.02. The molecule has 2 rings (SSSR count). The minimum absolute atomic E-state index is 0.107. The molecule has 2 saturated heterocycles. The van der Waals surface area contributed by atoms with Crippen LogP contribution in [0.2, 0.25) is 0 Å². The molecule has 2 bridgehead atoms. The van der Waals surface area contributed by atoms with E-state index < -0.39 is 15.8 Å². The van der Waals surface area contributed by atoms with Gasteiger partial charge in [0.2, 0.25) is 0 Å². The molecule has 2 aliphatic rings. The highest BCUT2D eigenvalue weighted by atomic mass is 32.2. The molecule has 150 valence electrons. The first-order valence-corrected chi connectivity index (χ1v) is 12.0. The minimum atomic E-state index is -3.02. The Kier molecular flexibility index (Phi) is 8.61. The summed E-state index contributed by atoms with van der Waals surface area (Å²) in [6.45, 7) is 2.13. The molecule has 6 heteroatoms. The van der Waals surface area contributed by atoms with E-state index in [0.29, 0.717) is 12.2 Å². The fourth-order valence-corrected chi connectivity index (χ4v) is 6.15. The van der Waals surface area contributed by atoms with Gasteiger partial charge in [-0.05, 0) is 44.4 Å². The van der Waals surface area contributed by atoms with Crippen molar-refractivity contribution >= 4 is 15.8 Å². The quantitative estimate of drug-likeness (QED) is 0.382. The lowest BCUT2D eigenvalue weighted by atomic mass is 9.78. The molecule has 0 radical (unpaired) electrons. The monoisotopic (exact) mass is 386 g/mol. The lowest BCUT2D eigenvalue weighted by Crippen LogP contribution is -2.33. The Bertz CT molecular complexity index is 569. The first-order chi connectivity index (χ1) is 12.4. The largest absolute Gasteiger partial charge is 0.481 e. The van der Waals surface area contributed by atoms with Crippen LogP contribution in [-0.2, 0) is 19.4 Å². The van der Waals surface area contributed by atoms with Gasteiger partial charge in [0.05, 0.1) is 23.7 Å². The van der Waals surface area contributed by atoms with Gasteiger partial charge in [0, 0.05) is 12.3 Å². The Morgan fingerprint density at radius 1 is 1.08 bits per heavy atom. The summed E-state index contributed by atoms with van der Waals surface area (Å²) in [6, 6.07) is 0. The number of hydrogen-bond donors (Lipinski definition) is 1. The lowest BCUT2D eigenvalue weighted by molar-refractivity contribution is -0.137. The van der Waals surface area contributed by atoms with E-state index in [2.05, 4.69) is 13.0 Å². The number of fused-ring (bicyclic) bond motifs is 2. The Labute approximate surface area is 158 Å². The molecule has 2 aliphatic heterocycles. The Balaban J connectivity index is 1.82. The van der Waals surface area contributed by atoms with Crippen LogP contribution in [0.5, 0.6) is 0 Å². The van der Waals surface area contributed by atoms with Crippen LogP contribution in [0.25, 0.3) is 0 Å². The molecule has 4 atom stereocenters.